The summed E-state index contributed by atoms with van der Waals surface area (Å²) in [6, 6.07) is 0.593. The van der Waals surface area contributed by atoms with Crippen LogP contribution < -0.4 is 0 Å². The fourth-order valence-corrected chi connectivity index (χ4v) is 1.91. The summed E-state index contributed by atoms with van der Waals surface area (Å²) in [4.78, 5) is 0. The van der Waals surface area contributed by atoms with E-state index in [9.17, 15) is 0 Å². The van der Waals surface area contributed by atoms with Gasteiger partial charge in [0.15, 0.2) is 0 Å². The molecule has 16 heavy (non-hydrogen) atoms. The van der Waals surface area contributed by atoms with Gasteiger partial charge in [0.1, 0.15) is 0 Å². The first-order valence-electron chi connectivity index (χ1n) is 5.56. The monoisotopic (exact) mass is 264 g/mol. The average molecular weight is 264 g/mol. The summed E-state index contributed by atoms with van der Waals surface area (Å²) in [5, 5.41) is 4.25. The predicted octanol–water partition coefficient (Wildman–Crippen LogP) is 4.60. The van der Waals surface area contributed by atoms with Crippen LogP contribution in [0, 0.1) is 20.8 Å². The first kappa shape index (κ1) is 21.6. The van der Waals surface area contributed by atoms with Gasteiger partial charge >= 0.3 is 28.1 Å². The summed E-state index contributed by atoms with van der Waals surface area (Å²) in [5.74, 6) is 1.04. The second-order valence-corrected chi connectivity index (χ2v) is 4.66. The van der Waals surface area contributed by atoms with Gasteiger partial charge in [-0.05, 0) is 5.92 Å². The molecule has 1 atom stereocenters. The maximum absolute atomic E-state index is 4.25. The SMILES string of the molecule is C[N-]C(C)CCC1CCCC1.C[N]=[V].[CH3-].[CH3-]. The molecular weight excluding hydrogens is 235 g/mol. The van der Waals surface area contributed by atoms with Crippen molar-refractivity contribution in [2.75, 3.05) is 14.1 Å². The van der Waals surface area contributed by atoms with Crippen molar-refractivity contribution < 1.29 is 17.2 Å². The van der Waals surface area contributed by atoms with Crippen LogP contribution in [0.2, 0.25) is 0 Å². The molecule has 0 bridgehead atoms. The van der Waals surface area contributed by atoms with E-state index in [4.69, 9.17) is 0 Å². The molecule has 1 aliphatic rings. The Balaban J connectivity index is -0.000000306. The number of hydrogen-bond donors (Lipinski definition) is 0. The molecule has 0 N–H and O–H groups in total. The van der Waals surface area contributed by atoms with E-state index in [0.29, 0.717) is 6.04 Å². The van der Waals surface area contributed by atoms with E-state index in [2.05, 4.69) is 33.3 Å². The van der Waals surface area contributed by atoms with Crippen molar-refractivity contribution in [3.8, 4) is 0 Å². The van der Waals surface area contributed by atoms with Crippen LogP contribution in [0.25, 0.3) is 5.32 Å². The molecular formula is C13H29N2V-3. The molecule has 1 aliphatic carbocycles. The Bertz CT molecular complexity index is 134. The van der Waals surface area contributed by atoms with Gasteiger partial charge in [0, 0.05) is 0 Å². The van der Waals surface area contributed by atoms with Crippen molar-refractivity contribution >= 4 is 0 Å². The van der Waals surface area contributed by atoms with Gasteiger partial charge in [-0.1, -0.05) is 45.4 Å². The molecule has 0 spiro atoms. The van der Waals surface area contributed by atoms with Crippen LogP contribution >= 0.6 is 0 Å². The van der Waals surface area contributed by atoms with Crippen LogP contribution in [-0.4, -0.2) is 20.1 Å². The largest absolute Gasteiger partial charge is 0.358 e. The molecule has 1 fully saturated rings. The van der Waals surface area contributed by atoms with Gasteiger partial charge in [0.05, 0.1) is 0 Å². The molecule has 2 nitrogen and oxygen atoms in total. The zero-order valence-corrected chi connectivity index (χ0v) is 13.1. The second-order valence-electron chi connectivity index (χ2n) is 4.04. The summed E-state index contributed by atoms with van der Waals surface area (Å²) >= 11 is 2.09. The van der Waals surface area contributed by atoms with Crippen molar-refractivity contribution in [3.63, 3.8) is 0 Å². The van der Waals surface area contributed by atoms with Crippen LogP contribution in [0.1, 0.15) is 45.4 Å². The smallest absolute Gasteiger partial charge is 0.358 e. The Hall–Kier alpha value is 0.344. The molecule has 1 unspecified atom stereocenters. The average Bonchev–Trinajstić information content (AvgIpc) is 2.68. The second kappa shape index (κ2) is 15.3. The Labute approximate surface area is 113 Å². The van der Waals surface area contributed by atoms with Crippen LogP contribution in [0.15, 0.2) is 3.79 Å². The molecule has 0 aromatic heterocycles. The van der Waals surface area contributed by atoms with Crippen LogP contribution in [0.3, 0.4) is 0 Å². The van der Waals surface area contributed by atoms with Gasteiger partial charge in [-0.3, -0.25) is 0 Å². The number of nitrogens with zero attached hydrogens (tertiary/aromatic N) is 2. The van der Waals surface area contributed by atoms with Gasteiger partial charge in [0.25, 0.3) is 0 Å². The fraction of sp³-hybridized carbons (Fsp3) is 0.846. The molecule has 0 aromatic rings. The van der Waals surface area contributed by atoms with E-state index in [1.54, 1.807) is 7.05 Å². The molecule has 0 aromatic carbocycles. The van der Waals surface area contributed by atoms with Crippen molar-refractivity contribution in [1.82, 2.24) is 0 Å². The van der Waals surface area contributed by atoms with E-state index in [1.165, 1.54) is 38.5 Å². The third-order valence-corrected chi connectivity index (χ3v) is 2.91. The van der Waals surface area contributed by atoms with E-state index in [0.717, 1.165) is 5.92 Å². The van der Waals surface area contributed by atoms with Gasteiger partial charge in [-0.25, -0.2) is 0 Å². The zero-order chi connectivity index (χ0) is 10.8. The standard InChI is InChI=1S/C10H20N.CH3N.2CH3.V/c1-9(11-2)7-8-10-5-3-4-6-10;1-2;;;/h9-10H,3-8H2,1-2H3;1H3;2*1H3;/q-1;;2*-1;. The Morgan fingerprint density at radius 3 is 2.12 bits per heavy atom. The number of hydrogen-bond acceptors (Lipinski definition) is 1. The zero-order valence-electron chi connectivity index (χ0n) is 11.7. The maximum atomic E-state index is 4.25. The molecule has 99 valence electrons. The first-order valence-corrected chi connectivity index (χ1v) is 6.19. The van der Waals surface area contributed by atoms with Crippen LogP contribution in [0.4, 0.5) is 0 Å². The minimum Gasteiger partial charge on any atom is -0.358 e. The Morgan fingerprint density at radius 2 is 1.75 bits per heavy atom. The van der Waals surface area contributed by atoms with Crippen molar-refractivity contribution in [3.05, 3.63) is 20.2 Å². The van der Waals surface area contributed by atoms with E-state index < -0.39 is 0 Å². The summed E-state index contributed by atoms with van der Waals surface area (Å²) in [5.41, 5.74) is 0. The van der Waals surface area contributed by atoms with Crippen molar-refractivity contribution in [1.29, 1.82) is 0 Å². The summed E-state index contributed by atoms with van der Waals surface area (Å²) in [7, 11) is 3.65. The molecule has 0 aliphatic heterocycles. The Kier molecular flexibility index (Phi) is 20.7. The molecule has 0 amide bonds. The summed E-state index contributed by atoms with van der Waals surface area (Å²) < 4.78 is 3.44. The van der Waals surface area contributed by atoms with Gasteiger partial charge < -0.3 is 20.2 Å². The van der Waals surface area contributed by atoms with E-state index in [-0.39, 0.29) is 14.9 Å². The van der Waals surface area contributed by atoms with Gasteiger partial charge in [-0.15, -0.1) is 6.04 Å². The topological polar surface area (TPSA) is 26.5 Å². The molecule has 0 radical (unpaired) electrons. The van der Waals surface area contributed by atoms with Crippen molar-refractivity contribution in [2.45, 2.75) is 51.5 Å². The Morgan fingerprint density at radius 1 is 1.31 bits per heavy atom. The molecule has 0 saturated heterocycles. The molecule has 0 heterocycles. The minimum atomic E-state index is 0. The van der Waals surface area contributed by atoms with Crippen molar-refractivity contribution in [2.24, 2.45) is 9.71 Å². The first-order chi connectivity index (χ1) is 6.74. The summed E-state index contributed by atoms with van der Waals surface area (Å²) in [6.07, 6.45) is 8.64. The predicted molar refractivity (Wildman–Crippen MR) is 71.1 cm³/mol. The van der Waals surface area contributed by atoms with Crippen LogP contribution in [0.5, 0.6) is 0 Å². The van der Waals surface area contributed by atoms with E-state index in [1.807, 2.05) is 7.05 Å². The van der Waals surface area contributed by atoms with Gasteiger partial charge in [0.2, 0.25) is 0 Å². The molecule has 3 heteroatoms. The summed E-state index contributed by atoms with van der Waals surface area (Å²) in [6.45, 7) is 2.22. The van der Waals surface area contributed by atoms with Gasteiger partial charge in [-0.2, -0.15) is 7.05 Å². The normalized spacial score (nSPS) is 16.1. The third-order valence-electron chi connectivity index (χ3n) is 2.91. The van der Waals surface area contributed by atoms with Crippen LogP contribution in [-0.2, 0) is 17.2 Å². The minimum absolute atomic E-state index is 0. The number of rotatable bonds is 4. The fourth-order valence-electron chi connectivity index (χ4n) is 1.91. The van der Waals surface area contributed by atoms with E-state index >= 15 is 0 Å². The molecule has 1 rings (SSSR count). The quantitative estimate of drug-likeness (QED) is 0.664. The molecule has 1 saturated carbocycles. The third kappa shape index (κ3) is 12.4. The maximum Gasteiger partial charge on any atom is -0.358 e.